The lowest BCUT2D eigenvalue weighted by Crippen LogP contribution is -2.35. The van der Waals surface area contributed by atoms with E-state index >= 15 is 0 Å². The number of carbonyl (C=O) groups excluding carboxylic acids is 1. The number of hydrogen-bond acceptors (Lipinski definition) is 5. The van der Waals surface area contributed by atoms with Gasteiger partial charge in [0, 0.05) is 24.8 Å². The molecule has 1 aliphatic heterocycles. The van der Waals surface area contributed by atoms with Crippen LogP contribution in [0.1, 0.15) is 37.1 Å². The topological polar surface area (TPSA) is 67.3 Å². The molecule has 2 heterocycles. The fourth-order valence-electron chi connectivity index (χ4n) is 3.71. The number of aromatic nitrogens is 2. The molecule has 6 nitrogen and oxygen atoms in total. The number of nitrogens with zero attached hydrogens (tertiary/aromatic N) is 3. The van der Waals surface area contributed by atoms with Crippen LogP contribution in [0.4, 0.5) is 5.82 Å². The zero-order chi connectivity index (χ0) is 18.0. The summed E-state index contributed by atoms with van der Waals surface area (Å²) in [7, 11) is 1.64. The van der Waals surface area contributed by atoms with Gasteiger partial charge >= 0.3 is 0 Å². The summed E-state index contributed by atoms with van der Waals surface area (Å²) in [6.07, 6.45) is 5.87. The lowest BCUT2D eigenvalue weighted by atomic mass is 9.94. The Kier molecular flexibility index (Phi) is 4.49. The number of benzene rings is 1. The molecule has 136 valence electrons. The fraction of sp³-hybridized carbons (Fsp3) is 0.450. The van der Waals surface area contributed by atoms with Gasteiger partial charge in [0.15, 0.2) is 0 Å². The molecule has 1 saturated heterocycles. The Morgan fingerprint density at radius 1 is 1.23 bits per heavy atom. The van der Waals surface area contributed by atoms with Gasteiger partial charge in [0.1, 0.15) is 17.4 Å². The van der Waals surface area contributed by atoms with E-state index in [1.54, 1.807) is 13.3 Å². The van der Waals surface area contributed by atoms with Crippen molar-refractivity contribution < 1.29 is 9.53 Å². The molecule has 26 heavy (non-hydrogen) atoms. The minimum Gasteiger partial charge on any atom is -0.496 e. The number of ether oxygens (including phenoxy) is 1. The average Bonchev–Trinajstić information content (AvgIpc) is 3.32. The smallest absolute Gasteiger partial charge is 0.231 e. The van der Waals surface area contributed by atoms with E-state index in [-0.39, 0.29) is 5.91 Å². The van der Waals surface area contributed by atoms with Crippen molar-refractivity contribution in [2.45, 2.75) is 37.6 Å². The first-order chi connectivity index (χ1) is 12.7. The molecule has 2 aromatic rings. The van der Waals surface area contributed by atoms with Gasteiger partial charge in [0.05, 0.1) is 19.1 Å². The summed E-state index contributed by atoms with van der Waals surface area (Å²) in [5, 5.41) is 3.03. The van der Waals surface area contributed by atoms with Crippen LogP contribution < -0.4 is 15.0 Å². The molecule has 0 atom stereocenters. The number of amides is 1. The maximum atomic E-state index is 12.9. The molecule has 2 fully saturated rings. The molecule has 6 heteroatoms. The molecule has 0 spiro atoms. The van der Waals surface area contributed by atoms with E-state index in [4.69, 9.17) is 4.74 Å². The molecule has 2 aliphatic rings. The van der Waals surface area contributed by atoms with Gasteiger partial charge in [0.25, 0.3) is 0 Å². The SMILES string of the molecule is COc1ccccc1C1(C(=O)NCc2nccc(N3CCCC3)n2)CC1. The summed E-state index contributed by atoms with van der Waals surface area (Å²) in [5.41, 5.74) is 0.492. The van der Waals surface area contributed by atoms with Crippen molar-refractivity contribution in [2.24, 2.45) is 0 Å². The highest BCUT2D eigenvalue weighted by atomic mass is 16.5. The molecule has 1 saturated carbocycles. The number of hydrogen-bond donors (Lipinski definition) is 1. The van der Waals surface area contributed by atoms with Crippen molar-refractivity contribution in [3.05, 3.63) is 47.9 Å². The Balaban J connectivity index is 1.45. The maximum Gasteiger partial charge on any atom is 0.231 e. The third kappa shape index (κ3) is 3.11. The zero-order valence-electron chi connectivity index (χ0n) is 15.1. The van der Waals surface area contributed by atoms with Crippen LogP contribution >= 0.6 is 0 Å². The second-order valence-corrected chi connectivity index (χ2v) is 6.99. The summed E-state index contributed by atoms with van der Waals surface area (Å²) in [4.78, 5) is 24.1. The Bertz CT molecular complexity index is 798. The summed E-state index contributed by atoms with van der Waals surface area (Å²) >= 11 is 0. The minimum absolute atomic E-state index is 0.0252. The Hall–Kier alpha value is -2.63. The second-order valence-electron chi connectivity index (χ2n) is 6.99. The van der Waals surface area contributed by atoms with Gasteiger partial charge in [-0.1, -0.05) is 18.2 Å². The van der Waals surface area contributed by atoms with Crippen LogP contribution in [0, 0.1) is 0 Å². The number of nitrogens with one attached hydrogen (secondary N) is 1. The molecule has 1 N–H and O–H groups in total. The average molecular weight is 352 g/mol. The van der Waals surface area contributed by atoms with Gasteiger partial charge in [-0.25, -0.2) is 9.97 Å². The summed E-state index contributed by atoms with van der Waals surface area (Å²) < 4.78 is 5.45. The largest absolute Gasteiger partial charge is 0.496 e. The molecule has 1 amide bonds. The lowest BCUT2D eigenvalue weighted by molar-refractivity contribution is -0.123. The van der Waals surface area contributed by atoms with Crippen molar-refractivity contribution in [1.29, 1.82) is 0 Å². The highest BCUT2D eigenvalue weighted by molar-refractivity contribution is 5.92. The standard InChI is InChI=1S/C20H24N4O2/c1-26-16-7-3-2-6-15(16)20(9-10-20)19(25)22-14-17-21-11-8-18(23-17)24-12-4-5-13-24/h2-3,6-8,11H,4-5,9-10,12-14H2,1H3,(H,22,25). The van der Waals surface area contributed by atoms with Crippen molar-refractivity contribution in [3.8, 4) is 5.75 Å². The van der Waals surface area contributed by atoms with Crippen molar-refractivity contribution >= 4 is 11.7 Å². The molecule has 4 rings (SSSR count). The Morgan fingerprint density at radius 2 is 2.00 bits per heavy atom. The second kappa shape index (κ2) is 6.94. The summed E-state index contributed by atoms with van der Waals surface area (Å²) in [5.74, 6) is 2.40. The fourth-order valence-corrected chi connectivity index (χ4v) is 3.71. The Labute approximate surface area is 153 Å². The van der Waals surface area contributed by atoms with Crippen LogP contribution in [0.15, 0.2) is 36.5 Å². The third-order valence-corrected chi connectivity index (χ3v) is 5.34. The van der Waals surface area contributed by atoms with E-state index in [0.717, 1.165) is 43.1 Å². The molecule has 1 aliphatic carbocycles. The van der Waals surface area contributed by atoms with Crippen LogP contribution in [-0.4, -0.2) is 36.1 Å². The molecular weight excluding hydrogens is 328 g/mol. The van der Waals surface area contributed by atoms with E-state index in [9.17, 15) is 4.79 Å². The first-order valence-electron chi connectivity index (χ1n) is 9.22. The highest BCUT2D eigenvalue weighted by Crippen LogP contribution is 2.51. The predicted molar refractivity (Wildman–Crippen MR) is 99.2 cm³/mol. The zero-order valence-corrected chi connectivity index (χ0v) is 15.1. The number of carbonyl (C=O) groups is 1. The molecule has 0 radical (unpaired) electrons. The first kappa shape index (κ1) is 16.8. The molecule has 0 unspecified atom stereocenters. The van der Waals surface area contributed by atoms with Crippen LogP contribution in [0.3, 0.4) is 0 Å². The number of anilines is 1. The monoisotopic (exact) mass is 352 g/mol. The van der Waals surface area contributed by atoms with Gasteiger partial charge in [-0.3, -0.25) is 4.79 Å². The predicted octanol–water partition coefficient (Wildman–Crippen LogP) is 2.43. The van der Waals surface area contributed by atoms with Gasteiger partial charge in [-0.2, -0.15) is 0 Å². The van der Waals surface area contributed by atoms with Crippen molar-refractivity contribution in [2.75, 3.05) is 25.1 Å². The van der Waals surface area contributed by atoms with Crippen LogP contribution in [0.5, 0.6) is 5.75 Å². The van der Waals surface area contributed by atoms with Gasteiger partial charge < -0.3 is 15.0 Å². The van der Waals surface area contributed by atoms with Crippen LogP contribution in [-0.2, 0) is 16.8 Å². The van der Waals surface area contributed by atoms with E-state index < -0.39 is 5.41 Å². The molecule has 1 aromatic heterocycles. The van der Waals surface area contributed by atoms with Gasteiger partial charge in [-0.05, 0) is 37.8 Å². The normalized spacial score (nSPS) is 17.8. The van der Waals surface area contributed by atoms with Gasteiger partial charge in [-0.15, -0.1) is 0 Å². The van der Waals surface area contributed by atoms with E-state index in [0.29, 0.717) is 12.4 Å². The number of rotatable bonds is 6. The summed E-state index contributed by atoms with van der Waals surface area (Å²) in [6, 6.07) is 9.71. The van der Waals surface area contributed by atoms with E-state index in [2.05, 4.69) is 20.2 Å². The van der Waals surface area contributed by atoms with Crippen LogP contribution in [0.2, 0.25) is 0 Å². The lowest BCUT2D eigenvalue weighted by Gasteiger charge is -2.19. The van der Waals surface area contributed by atoms with Crippen LogP contribution in [0.25, 0.3) is 0 Å². The van der Waals surface area contributed by atoms with Crippen molar-refractivity contribution in [3.63, 3.8) is 0 Å². The quantitative estimate of drug-likeness (QED) is 0.865. The third-order valence-electron chi connectivity index (χ3n) is 5.34. The number of methoxy groups -OCH3 is 1. The van der Waals surface area contributed by atoms with E-state index in [1.807, 2.05) is 30.3 Å². The first-order valence-corrected chi connectivity index (χ1v) is 9.22. The minimum atomic E-state index is -0.473. The van der Waals surface area contributed by atoms with Gasteiger partial charge in [0.2, 0.25) is 5.91 Å². The van der Waals surface area contributed by atoms with Crippen molar-refractivity contribution in [1.82, 2.24) is 15.3 Å². The summed E-state index contributed by atoms with van der Waals surface area (Å²) in [6.45, 7) is 2.43. The molecular formula is C20H24N4O2. The molecule has 0 bridgehead atoms. The molecule has 1 aromatic carbocycles. The maximum absolute atomic E-state index is 12.9. The highest BCUT2D eigenvalue weighted by Gasteiger charge is 2.52. The Morgan fingerprint density at radius 3 is 2.73 bits per heavy atom. The van der Waals surface area contributed by atoms with E-state index in [1.165, 1.54) is 12.8 Å². The number of para-hydroxylation sites is 1.